The highest BCUT2D eigenvalue weighted by atomic mass is 19.1. The van der Waals surface area contributed by atoms with Crippen molar-refractivity contribution < 1.29 is 18.7 Å². The Morgan fingerprint density at radius 3 is 2.35 bits per heavy atom. The molecule has 110 valence electrons. The first-order valence-corrected chi connectivity index (χ1v) is 6.42. The molecule has 1 aromatic carbocycles. The van der Waals surface area contributed by atoms with Gasteiger partial charge < -0.3 is 10.0 Å². The molecule has 1 aromatic rings. The first-order chi connectivity index (χ1) is 9.31. The average molecular weight is 283 g/mol. The first kappa shape index (κ1) is 16.1. The number of carbonyl (C=O) groups is 1. The van der Waals surface area contributed by atoms with Crippen molar-refractivity contribution in [3.63, 3.8) is 0 Å². The van der Waals surface area contributed by atoms with Crippen LogP contribution in [0.1, 0.15) is 25.8 Å². The monoisotopic (exact) mass is 283 g/mol. The Balaban J connectivity index is 2.96. The molecule has 1 rings (SSSR count). The summed E-state index contributed by atoms with van der Waals surface area (Å²) in [4.78, 5) is 11.9. The third-order valence-electron chi connectivity index (χ3n) is 2.88. The lowest BCUT2D eigenvalue weighted by Gasteiger charge is -2.21. The van der Waals surface area contributed by atoms with E-state index in [4.69, 9.17) is 5.11 Å². The lowest BCUT2D eigenvalue weighted by Crippen LogP contribution is -2.22. The van der Waals surface area contributed by atoms with Crippen molar-refractivity contribution >= 4 is 17.7 Å². The van der Waals surface area contributed by atoms with Crippen molar-refractivity contribution in [2.24, 2.45) is 5.92 Å². The maximum atomic E-state index is 13.9. The number of nitrogens with zero attached hydrogens (tertiary/aromatic N) is 1. The largest absolute Gasteiger partial charge is 0.478 e. The SMILES string of the molecule is CC(C)CCN(C)c1c(F)cc(C=CC(=O)O)cc1F. The summed E-state index contributed by atoms with van der Waals surface area (Å²) in [5, 5.41) is 8.50. The molecule has 3 nitrogen and oxygen atoms in total. The Bertz CT molecular complexity index is 490. The molecular weight excluding hydrogens is 264 g/mol. The maximum absolute atomic E-state index is 13.9. The van der Waals surface area contributed by atoms with Crippen LogP contribution in [0.2, 0.25) is 0 Å². The lowest BCUT2D eigenvalue weighted by molar-refractivity contribution is -0.131. The zero-order valence-corrected chi connectivity index (χ0v) is 11.9. The zero-order valence-electron chi connectivity index (χ0n) is 11.9. The van der Waals surface area contributed by atoms with Crippen LogP contribution in [-0.2, 0) is 4.79 Å². The smallest absolute Gasteiger partial charge is 0.328 e. The van der Waals surface area contributed by atoms with Crippen molar-refractivity contribution in [2.75, 3.05) is 18.5 Å². The van der Waals surface area contributed by atoms with E-state index in [9.17, 15) is 13.6 Å². The molecule has 0 amide bonds. The van der Waals surface area contributed by atoms with Gasteiger partial charge in [-0.25, -0.2) is 13.6 Å². The van der Waals surface area contributed by atoms with Gasteiger partial charge in [0.15, 0.2) is 0 Å². The number of halogens is 2. The van der Waals surface area contributed by atoms with Crippen LogP contribution in [0.25, 0.3) is 6.08 Å². The lowest BCUT2D eigenvalue weighted by atomic mass is 10.1. The topological polar surface area (TPSA) is 40.5 Å². The predicted octanol–water partition coefficient (Wildman–Crippen LogP) is 3.54. The van der Waals surface area contributed by atoms with Crippen LogP contribution in [-0.4, -0.2) is 24.7 Å². The summed E-state index contributed by atoms with van der Waals surface area (Å²) >= 11 is 0. The van der Waals surface area contributed by atoms with Gasteiger partial charge in [0.2, 0.25) is 0 Å². The van der Waals surface area contributed by atoms with Crippen molar-refractivity contribution in [3.8, 4) is 0 Å². The van der Waals surface area contributed by atoms with Gasteiger partial charge in [-0.1, -0.05) is 13.8 Å². The van der Waals surface area contributed by atoms with Crippen LogP contribution >= 0.6 is 0 Å². The molecule has 0 saturated carbocycles. The van der Waals surface area contributed by atoms with Crippen LogP contribution in [0, 0.1) is 17.6 Å². The van der Waals surface area contributed by atoms with E-state index in [1.165, 1.54) is 4.90 Å². The normalized spacial score (nSPS) is 11.3. The molecule has 0 atom stereocenters. The van der Waals surface area contributed by atoms with Crippen molar-refractivity contribution in [1.29, 1.82) is 0 Å². The summed E-state index contributed by atoms with van der Waals surface area (Å²) in [6, 6.07) is 2.26. The van der Waals surface area contributed by atoms with Crippen LogP contribution < -0.4 is 4.90 Å². The number of carboxylic acid groups (broad SMARTS) is 1. The third kappa shape index (κ3) is 4.64. The molecule has 0 aliphatic heterocycles. The fourth-order valence-electron chi connectivity index (χ4n) is 1.78. The van der Waals surface area contributed by atoms with Crippen molar-refractivity contribution in [2.45, 2.75) is 20.3 Å². The average Bonchev–Trinajstić information content (AvgIpc) is 2.33. The number of anilines is 1. The Morgan fingerprint density at radius 2 is 1.90 bits per heavy atom. The number of hydrogen-bond donors (Lipinski definition) is 1. The van der Waals surface area contributed by atoms with E-state index in [0.29, 0.717) is 12.5 Å². The molecule has 20 heavy (non-hydrogen) atoms. The molecule has 0 heterocycles. The molecule has 0 aliphatic rings. The van der Waals surface area contributed by atoms with Gasteiger partial charge in [0.05, 0.1) is 0 Å². The minimum atomic E-state index is -1.16. The number of benzene rings is 1. The summed E-state index contributed by atoms with van der Waals surface area (Å²) in [5.41, 5.74) is 0.0986. The Labute approximate surface area is 117 Å². The van der Waals surface area contributed by atoms with Gasteiger partial charge in [-0.05, 0) is 36.1 Å². The van der Waals surface area contributed by atoms with Crippen molar-refractivity contribution in [1.82, 2.24) is 0 Å². The standard InChI is InChI=1S/C15H19F2NO2/c1-10(2)6-7-18(3)15-12(16)8-11(9-13(15)17)4-5-14(19)20/h4-5,8-10H,6-7H2,1-3H3,(H,19,20). The second kappa shape index (κ2) is 7.03. The highest BCUT2D eigenvalue weighted by Crippen LogP contribution is 2.25. The second-order valence-corrected chi connectivity index (χ2v) is 5.11. The van der Waals surface area contributed by atoms with E-state index in [1.807, 2.05) is 13.8 Å². The molecular formula is C15H19F2NO2. The Kier molecular flexibility index (Phi) is 5.67. The van der Waals surface area contributed by atoms with Gasteiger partial charge in [0.1, 0.15) is 17.3 Å². The van der Waals surface area contributed by atoms with E-state index in [-0.39, 0.29) is 11.3 Å². The number of carboxylic acids is 1. The van der Waals surface area contributed by atoms with Crippen LogP contribution in [0.15, 0.2) is 18.2 Å². The molecule has 0 radical (unpaired) electrons. The summed E-state index contributed by atoms with van der Waals surface area (Å²) in [6.45, 7) is 4.64. The minimum Gasteiger partial charge on any atom is -0.478 e. The molecule has 0 aromatic heterocycles. The highest BCUT2D eigenvalue weighted by Gasteiger charge is 2.15. The molecule has 0 unspecified atom stereocenters. The molecule has 5 heteroatoms. The highest BCUT2D eigenvalue weighted by molar-refractivity contribution is 5.85. The fourth-order valence-corrected chi connectivity index (χ4v) is 1.78. The molecule has 1 N–H and O–H groups in total. The van der Waals surface area contributed by atoms with E-state index in [1.54, 1.807) is 7.05 Å². The molecule has 0 spiro atoms. The molecule has 0 bridgehead atoms. The molecule has 0 fully saturated rings. The zero-order chi connectivity index (χ0) is 15.3. The number of hydrogen-bond acceptors (Lipinski definition) is 2. The maximum Gasteiger partial charge on any atom is 0.328 e. The fraction of sp³-hybridized carbons (Fsp3) is 0.400. The van der Waals surface area contributed by atoms with Crippen LogP contribution in [0.3, 0.4) is 0 Å². The summed E-state index contributed by atoms with van der Waals surface area (Å²) in [5.74, 6) is -2.10. The van der Waals surface area contributed by atoms with Crippen LogP contribution in [0.4, 0.5) is 14.5 Å². The number of rotatable bonds is 6. The first-order valence-electron chi connectivity index (χ1n) is 6.42. The molecule has 0 saturated heterocycles. The minimum absolute atomic E-state index is 0.0851. The second-order valence-electron chi connectivity index (χ2n) is 5.11. The van der Waals surface area contributed by atoms with Gasteiger partial charge in [-0.3, -0.25) is 0 Å². The Hall–Kier alpha value is -1.91. The van der Waals surface area contributed by atoms with Crippen LogP contribution in [0.5, 0.6) is 0 Å². The Morgan fingerprint density at radius 1 is 1.35 bits per heavy atom. The van der Waals surface area contributed by atoms with E-state index in [2.05, 4.69) is 0 Å². The predicted molar refractivity (Wildman–Crippen MR) is 75.8 cm³/mol. The summed E-state index contributed by atoms with van der Waals surface area (Å²) in [7, 11) is 1.64. The quantitative estimate of drug-likeness (QED) is 0.812. The summed E-state index contributed by atoms with van der Waals surface area (Å²) < 4.78 is 27.9. The van der Waals surface area contributed by atoms with Crippen molar-refractivity contribution in [3.05, 3.63) is 35.4 Å². The van der Waals surface area contributed by atoms with Gasteiger partial charge in [-0.15, -0.1) is 0 Å². The molecule has 0 aliphatic carbocycles. The van der Waals surface area contributed by atoms with Gasteiger partial charge >= 0.3 is 5.97 Å². The van der Waals surface area contributed by atoms with E-state index < -0.39 is 17.6 Å². The van der Waals surface area contributed by atoms with E-state index >= 15 is 0 Å². The summed E-state index contributed by atoms with van der Waals surface area (Å²) in [6.07, 6.45) is 2.83. The van der Waals surface area contributed by atoms with Gasteiger partial charge in [0.25, 0.3) is 0 Å². The van der Waals surface area contributed by atoms with Gasteiger partial charge in [-0.2, -0.15) is 0 Å². The number of aliphatic carboxylic acids is 1. The van der Waals surface area contributed by atoms with Gasteiger partial charge in [0, 0.05) is 19.7 Å². The third-order valence-corrected chi connectivity index (χ3v) is 2.88. The van der Waals surface area contributed by atoms with E-state index in [0.717, 1.165) is 30.7 Å².